The predicted molar refractivity (Wildman–Crippen MR) is 59.5 cm³/mol. The zero-order valence-corrected chi connectivity index (χ0v) is 10.4. The molecule has 2 fully saturated rings. The van der Waals surface area contributed by atoms with Crippen molar-refractivity contribution in [1.82, 2.24) is 13.9 Å². The van der Waals surface area contributed by atoms with Crippen LogP contribution in [-0.2, 0) is 14.0 Å². The number of carbonyl (C=O) groups is 1. The van der Waals surface area contributed by atoms with E-state index in [1.807, 2.05) is 4.57 Å². The highest BCUT2D eigenvalue weighted by atomic mass is 35.7. The third-order valence-electron chi connectivity index (χ3n) is 3.11. The lowest BCUT2D eigenvalue weighted by Crippen LogP contribution is -2.48. The summed E-state index contributed by atoms with van der Waals surface area (Å²) >= 11 is 0. The van der Waals surface area contributed by atoms with Crippen LogP contribution < -0.4 is 0 Å². The molecule has 17 heavy (non-hydrogen) atoms. The molecule has 0 aromatic carbocycles. The summed E-state index contributed by atoms with van der Waals surface area (Å²) in [5.74, 6) is -0.464. The van der Waals surface area contributed by atoms with Gasteiger partial charge in [0, 0.05) is 16.7 Å². The van der Waals surface area contributed by atoms with E-state index in [-0.39, 0.29) is 6.42 Å². The zero-order valence-electron chi connectivity index (χ0n) is 8.78. The first-order valence-corrected chi connectivity index (χ1v) is 7.53. The van der Waals surface area contributed by atoms with Gasteiger partial charge in [-0.2, -0.15) is 8.42 Å². The first-order valence-electron chi connectivity index (χ1n) is 5.27. The molecule has 92 valence electrons. The number of rotatable bonds is 3. The van der Waals surface area contributed by atoms with E-state index >= 15 is 0 Å². The monoisotopic (exact) mass is 275 g/mol. The molecule has 1 aliphatic carbocycles. The second-order valence-corrected chi connectivity index (χ2v) is 6.70. The highest BCUT2D eigenvalue weighted by Crippen LogP contribution is 2.42. The molecule has 2 aliphatic rings. The normalized spacial score (nSPS) is 24.9. The molecular formula is C9H10ClN3O3S. The number of imidazole rings is 1. The fraction of sp³-hybridized carbons (Fsp3) is 0.556. The largest absolute Gasteiger partial charge is 0.330 e. The summed E-state index contributed by atoms with van der Waals surface area (Å²) in [4.78, 5) is 15.3. The number of carbonyl (C=O) groups excluding carboxylic acids is 1. The van der Waals surface area contributed by atoms with Gasteiger partial charge in [0.2, 0.25) is 5.91 Å². The van der Waals surface area contributed by atoms with E-state index in [0.717, 1.165) is 22.8 Å². The van der Waals surface area contributed by atoms with Crippen molar-refractivity contribution >= 4 is 25.8 Å². The molecule has 1 atom stereocenters. The van der Waals surface area contributed by atoms with E-state index in [4.69, 9.17) is 10.7 Å². The van der Waals surface area contributed by atoms with Crippen LogP contribution in [0.5, 0.6) is 0 Å². The van der Waals surface area contributed by atoms with Gasteiger partial charge in [-0.05, 0) is 12.8 Å². The van der Waals surface area contributed by atoms with Crippen LogP contribution in [0.25, 0.3) is 0 Å². The minimum atomic E-state index is -4.00. The van der Waals surface area contributed by atoms with Crippen molar-refractivity contribution < 1.29 is 13.2 Å². The van der Waals surface area contributed by atoms with E-state index in [9.17, 15) is 13.2 Å². The number of nitrogens with zero attached hydrogens (tertiary/aromatic N) is 3. The maximum Gasteiger partial charge on any atom is 0.324 e. The first kappa shape index (κ1) is 11.0. The van der Waals surface area contributed by atoms with E-state index < -0.39 is 21.2 Å². The SMILES string of the molecule is O=C1CC(c2cncn2C2CC2)N1S(=O)(=O)Cl. The van der Waals surface area contributed by atoms with Crippen LogP contribution in [0.4, 0.5) is 0 Å². The summed E-state index contributed by atoms with van der Waals surface area (Å²) in [7, 11) is 1.24. The van der Waals surface area contributed by atoms with E-state index in [0.29, 0.717) is 6.04 Å². The molecule has 1 unspecified atom stereocenters. The number of hydrogen-bond acceptors (Lipinski definition) is 4. The Hall–Kier alpha value is -1.08. The quantitative estimate of drug-likeness (QED) is 0.609. The topological polar surface area (TPSA) is 72.3 Å². The molecule has 1 saturated carbocycles. The highest BCUT2D eigenvalue weighted by Gasteiger charge is 2.46. The third-order valence-corrected chi connectivity index (χ3v) is 4.48. The Morgan fingerprint density at radius 3 is 2.65 bits per heavy atom. The Balaban J connectivity index is 1.94. The average molecular weight is 276 g/mol. The van der Waals surface area contributed by atoms with Gasteiger partial charge < -0.3 is 4.57 Å². The summed E-state index contributed by atoms with van der Waals surface area (Å²) < 4.78 is 25.2. The molecule has 0 radical (unpaired) electrons. The number of hydrogen-bond donors (Lipinski definition) is 0. The Bertz CT molecular complexity index is 578. The fourth-order valence-electron chi connectivity index (χ4n) is 2.13. The maximum absolute atomic E-state index is 11.3. The summed E-state index contributed by atoms with van der Waals surface area (Å²) in [6, 6.07) is -0.101. The average Bonchev–Trinajstić information content (AvgIpc) is 2.91. The van der Waals surface area contributed by atoms with Crippen LogP contribution >= 0.6 is 10.7 Å². The number of β-lactam (4-membered cyclic amide) rings is 1. The maximum atomic E-state index is 11.3. The Kier molecular flexibility index (Phi) is 2.24. The molecule has 0 spiro atoms. The van der Waals surface area contributed by atoms with Crippen molar-refractivity contribution in [3.63, 3.8) is 0 Å². The van der Waals surface area contributed by atoms with Gasteiger partial charge in [-0.15, -0.1) is 0 Å². The molecular weight excluding hydrogens is 266 g/mol. The summed E-state index contributed by atoms with van der Waals surface area (Å²) in [5.41, 5.74) is 0.747. The van der Waals surface area contributed by atoms with Gasteiger partial charge in [0.1, 0.15) is 0 Å². The van der Waals surface area contributed by atoms with Crippen LogP contribution in [0.3, 0.4) is 0 Å². The number of amides is 1. The molecule has 0 N–H and O–H groups in total. The molecule has 1 saturated heterocycles. The fourth-order valence-corrected chi connectivity index (χ4v) is 3.45. The van der Waals surface area contributed by atoms with Gasteiger partial charge in [-0.3, -0.25) is 4.79 Å². The van der Waals surface area contributed by atoms with E-state index in [2.05, 4.69) is 4.98 Å². The van der Waals surface area contributed by atoms with Crippen molar-refractivity contribution in [2.45, 2.75) is 31.3 Å². The molecule has 6 nitrogen and oxygen atoms in total. The van der Waals surface area contributed by atoms with Crippen LogP contribution in [0, 0.1) is 0 Å². The number of aromatic nitrogens is 2. The molecule has 8 heteroatoms. The third kappa shape index (κ3) is 1.73. The van der Waals surface area contributed by atoms with Gasteiger partial charge in [0.15, 0.2) is 0 Å². The lowest BCUT2D eigenvalue weighted by Gasteiger charge is -2.37. The molecule has 1 aromatic rings. The Labute approximate surface area is 103 Å². The summed E-state index contributed by atoms with van der Waals surface area (Å²) in [6.07, 6.45) is 5.58. The van der Waals surface area contributed by atoms with Crippen molar-refractivity contribution in [3.05, 3.63) is 18.2 Å². The van der Waals surface area contributed by atoms with Gasteiger partial charge in [0.05, 0.1) is 30.7 Å². The second kappa shape index (κ2) is 3.46. The van der Waals surface area contributed by atoms with Crippen molar-refractivity contribution in [3.8, 4) is 0 Å². The molecule has 0 bridgehead atoms. The van der Waals surface area contributed by atoms with Gasteiger partial charge >= 0.3 is 9.24 Å². The first-order chi connectivity index (χ1) is 7.98. The van der Waals surface area contributed by atoms with Crippen LogP contribution in [0.15, 0.2) is 12.5 Å². The van der Waals surface area contributed by atoms with E-state index in [1.165, 1.54) is 0 Å². The second-order valence-electron chi connectivity index (χ2n) is 4.31. The number of halogens is 1. The van der Waals surface area contributed by atoms with Crippen molar-refractivity contribution in [2.75, 3.05) is 0 Å². The Morgan fingerprint density at radius 2 is 2.12 bits per heavy atom. The van der Waals surface area contributed by atoms with Gasteiger partial charge in [0.25, 0.3) is 0 Å². The van der Waals surface area contributed by atoms with Gasteiger partial charge in [-0.25, -0.2) is 9.29 Å². The van der Waals surface area contributed by atoms with E-state index in [1.54, 1.807) is 12.5 Å². The standard InChI is InChI=1S/C9H10ClN3O3S/c10-17(15,16)13-7(3-9(13)14)8-4-11-5-12(8)6-1-2-6/h4-7H,1-3H2. The summed E-state index contributed by atoms with van der Waals surface area (Å²) in [5, 5.41) is 0. The minimum Gasteiger partial charge on any atom is -0.330 e. The van der Waals surface area contributed by atoms with Crippen LogP contribution in [0.2, 0.25) is 0 Å². The Morgan fingerprint density at radius 1 is 1.41 bits per heavy atom. The molecule has 1 amide bonds. The lowest BCUT2D eigenvalue weighted by molar-refractivity contribution is -0.137. The zero-order chi connectivity index (χ0) is 12.2. The molecule has 1 aliphatic heterocycles. The minimum absolute atomic E-state index is 0.171. The van der Waals surface area contributed by atoms with Crippen molar-refractivity contribution in [1.29, 1.82) is 0 Å². The van der Waals surface area contributed by atoms with Gasteiger partial charge in [-0.1, -0.05) is 0 Å². The predicted octanol–water partition coefficient (Wildman–Crippen LogP) is 0.975. The smallest absolute Gasteiger partial charge is 0.324 e. The molecule has 1 aromatic heterocycles. The highest BCUT2D eigenvalue weighted by molar-refractivity contribution is 8.12. The van der Waals surface area contributed by atoms with Crippen LogP contribution in [-0.4, -0.2) is 28.2 Å². The molecule has 3 rings (SSSR count). The van der Waals surface area contributed by atoms with Crippen molar-refractivity contribution in [2.24, 2.45) is 0 Å². The summed E-state index contributed by atoms with van der Waals surface area (Å²) in [6.45, 7) is 0. The lowest BCUT2D eigenvalue weighted by atomic mass is 10.0. The molecule has 2 heterocycles. The van der Waals surface area contributed by atoms with Crippen LogP contribution in [0.1, 0.15) is 37.0 Å².